The molecule has 4 N–H and O–H groups in total. The zero-order valence-electron chi connectivity index (χ0n) is 12.1. The second kappa shape index (κ2) is 6.39. The summed E-state index contributed by atoms with van der Waals surface area (Å²) in [5.41, 5.74) is 11.1. The van der Waals surface area contributed by atoms with Gasteiger partial charge in [0.2, 0.25) is 0 Å². The molecule has 1 atom stereocenters. The molecule has 5 heteroatoms. The average molecular weight is 276 g/mol. The maximum atomic E-state index is 12.5. The van der Waals surface area contributed by atoms with Gasteiger partial charge in [0, 0.05) is 11.6 Å². The zero-order valence-corrected chi connectivity index (χ0v) is 12.1. The Bertz CT molecular complexity index is 398. The molecule has 1 rings (SSSR count). The Morgan fingerprint density at radius 2 is 1.53 bits per heavy atom. The van der Waals surface area contributed by atoms with E-state index in [2.05, 4.69) is 0 Å². The number of hydrogen-bond acceptors (Lipinski definition) is 2. The van der Waals surface area contributed by atoms with Gasteiger partial charge < -0.3 is 11.5 Å². The molecular weight excluding hydrogens is 253 g/mol. The maximum absolute atomic E-state index is 12.5. The van der Waals surface area contributed by atoms with E-state index < -0.39 is 11.7 Å². The third-order valence-corrected chi connectivity index (χ3v) is 2.17. The van der Waals surface area contributed by atoms with Gasteiger partial charge in [0.1, 0.15) is 0 Å². The van der Waals surface area contributed by atoms with Crippen LogP contribution in [0.2, 0.25) is 0 Å². The second-order valence-electron chi connectivity index (χ2n) is 5.67. The molecule has 1 aromatic rings. The van der Waals surface area contributed by atoms with E-state index in [1.54, 1.807) is 13.0 Å². The van der Waals surface area contributed by atoms with Gasteiger partial charge >= 0.3 is 6.18 Å². The summed E-state index contributed by atoms with van der Waals surface area (Å²) in [6.45, 7) is 9.01. The monoisotopic (exact) mass is 276 g/mol. The predicted octanol–water partition coefficient (Wildman–Crippen LogP) is 3.78. The molecule has 2 nitrogen and oxygen atoms in total. The van der Waals surface area contributed by atoms with E-state index in [0.717, 1.165) is 6.07 Å². The third kappa shape index (κ3) is 7.18. The number of benzene rings is 1. The van der Waals surface area contributed by atoms with Crippen LogP contribution in [0, 0.1) is 6.92 Å². The Labute approximate surface area is 113 Å². The van der Waals surface area contributed by atoms with Gasteiger partial charge in [0.25, 0.3) is 0 Å². The topological polar surface area (TPSA) is 52.0 Å². The summed E-state index contributed by atoms with van der Waals surface area (Å²) in [6.07, 6.45) is -4.30. The Balaban J connectivity index is 0.000000555. The summed E-state index contributed by atoms with van der Waals surface area (Å²) in [7, 11) is 0. The van der Waals surface area contributed by atoms with Crippen LogP contribution >= 0.6 is 0 Å². The van der Waals surface area contributed by atoms with E-state index in [9.17, 15) is 13.2 Å². The van der Waals surface area contributed by atoms with E-state index in [1.165, 1.54) is 13.0 Å². The first-order chi connectivity index (χ1) is 8.34. The number of rotatable bonds is 1. The van der Waals surface area contributed by atoms with Crippen molar-refractivity contribution in [1.29, 1.82) is 0 Å². The molecule has 0 saturated carbocycles. The van der Waals surface area contributed by atoms with Crippen LogP contribution in [0.3, 0.4) is 0 Å². The van der Waals surface area contributed by atoms with Crippen LogP contribution < -0.4 is 11.5 Å². The lowest BCUT2D eigenvalue weighted by molar-refractivity contribution is -0.138. The molecule has 1 unspecified atom stereocenters. The van der Waals surface area contributed by atoms with Crippen LogP contribution in [0.15, 0.2) is 18.2 Å². The maximum Gasteiger partial charge on any atom is 0.416 e. The van der Waals surface area contributed by atoms with Crippen molar-refractivity contribution in [3.05, 3.63) is 34.9 Å². The molecule has 0 saturated heterocycles. The van der Waals surface area contributed by atoms with E-state index >= 15 is 0 Å². The van der Waals surface area contributed by atoms with Crippen molar-refractivity contribution in [2.24, 2.45) is 11.5 Å². The minimum atomic E-state index is -4.30. The van der Waals surface area contributed by atoms with Crippen molar-refractivity contribution in [2.45, 2.75) is 52.4 Å². The molecule has 0 amide bonds. The number of hydrogen-bond donors (Lipinski definition) is 2. The second-order valence-corrected chi connectivity index (χ2v) is 5.67. The molecule has 110 valence electrons. The highest BCUT2D eigenvalue weighted by Crippen LogP contribution is 2.33. The average Bonchev–Trinajstić information content (AvgIpc) is 2.12. The number of nitrogens with two attached hydrogens (primary N) is 2. The smallest absolute Gasteiger partial charge is 0.326 e. The van der Waals surface area contributed by atoms with Crippen LogP contribution in [0.5, 0.6) is 0 Å². The lowest BCUT2D eigenvalue weighted by Gasteiger charge is -2.15. The normalized spacial score (nSPS) is 13.6. The molecule has 0 aromatic heterocycles. The van der Waals surface area contributed by atoms with Gasteiger partial charge in [-0.15, -0.1) is 0 Å². The Morgan fingerprint density at radius 3 is 1.84 bits per heavy atom. The minimum absolute atomic E-state index is 0. The molecule has 0 aliphatic rings. The first-order valence-electron chi connectivity index (χ1n) is 6.05. The molecule has 19 heavy (non-hydrogen) atoms. The summed E-state index contributed by atoms with van der Waals surface area (Å²) >= 11 is 0. The fourth-order valence-corrected chi connectivity index (χ4v) is 1.45. The highest BCUT2D eigenvalue weighted by atomic mass is 19.4. The van der Waals surface area contributed by atoms with Crippen molar-refractivity contribution in [1.82, 2.24) is 0 Å². The van der Waals surface area contributed by atoms with Crippen LogP contribution in [-0.2, 0) is 6.18 Å². The summed E-state index contributed by atoms with van der Waals surface area (Å²) in [4.78, 5) is 0. The molecule has 1 aromatic carbocycles. The van der Waals surface area contributed by atoms with Crippen molar-refractivity contribution >= 4 is 0 Å². The first kappa shape index (κ1) is 17.9. The summed E-state index contributed by atoms with van der Waals surface area (Å²) < 4.78 is 37.4. The summed E-state index contributed by atoms with van der Waals surface area (Å²) in [5, 5.41) is 0. The third-order valence-electron chi connectivity index (χ3n) is 2.17. The molecule has 0 heterocycles. The summed E-state index contributed by atoms with van der Waals surface area (Å²) in [6, 6.07) is 3.70. The van der Waals surface area contributed by atoms with Crippen LogP contribution in [0.4, 0.5) is 13.2 Å². The standard InChI is InChI=1S/C10H12F3N.C4H11N/c1-6-8(7(2)14)4-3-5-9(6)10(11,12)13;1-4(2,3)5/h3-5,7H,14H2,1-2H3;5H2,1-3H3. The largest absolute Gasteiger partial charge is 0.416 e. The van der Waals surface area contributed by atoms with Gasteiger partial charge in [0.15, 0.2) is 0 Å². The molecule has 0 bridgehead atoms. The predicted molar refractivity (Wildman–Crippen MR) is 72.7 cm³/mol. The highest BCUT2D eigenvalue weighted by molar-refractivity contribution is 5.37. The highest BCUT2D eigenvalue weighted by Gasteiger charge is 2.32. The molecule has 0 fully saturated rings. The molecule has 0 aliphatic heterocycles. The Hall–Kier alpha value is -1.07. The molecule has 0 spiro atoms. The van der Waals surface area contributed by atoms with E-state index in [0.29, 0.717) is 5.56 Å². The quantitative estimate of drug-likeness (QED) is 0.820. The van der Waals surface area contributed by atoms with Crippen molar-refractivity contribution < 1.29 is 13.2 Å². The lowest BCUT2D eigenvalue weighted by Crippen LogP contribution is -2.26. The summed E-state index contributed by atoms with van der Waals surface area (Å²) in [5.74, 6) is 0. The van der Waals surface area contributed by atoms with Crippen LogP contribution in [0.25, 0.3) is 0 Å². The van der Waals surface area contributed by atoms with Gasteiger partial charge in [-0.05, 0) is 51.8 Å². The van der Waals surface area contributed by atoms with Gasteiger partial charge in [-0.1, -0.05) is 12.1 Å². The van der Waals surface area contributed by atoms with Crippen molar-refractivity contribution in [3.8, 4) is 0 Å². The van der Waals surface area contributed by atoms with Crippen LogP contribution in [0.1, 0.15) is 50.4 Å². The SMILES string of the molecule is CC(C)(C)N.Cc1c(C(C)N)cccc1C(F)(F)F. The van der Waals surface area contributed by atoms with Crippen molar-refractivity contribution in [2.75, 3.05) is 0 Å². The Morgan fingerprint density at radius 1 is 1.11 bits per heavy atom. The first-order valence-corrected chi connectivity index (χ1v) is 6.05. The fraction of sp³-hybridized carbons (Fsp3) is 0.571. The van der Waals surface area contributed by atoms with Gasteiger partial charge in [-0.2, -0.15) is 13.2 Å². The molecular formula is C14H23F3N2. The van der Waals surface area contributed by atoms with E-state index in [4.69, 9.17) is 11.5 Å². The van der Waals surface area contributed by atoms with Crippen molar-refractivity contribution in [3.63, 3.8) is 0 Å². The van der Waals surface area contributed by atoms with Gasteiger partial charge in [0.05, 0.1) is 5.56 Å². The number of halogens is 3. The van der Waals surface area contributed by atoms with Gasteiger partial charge in [-0.25, -0.2) is 0 Å². The Kier molecular flexibility index (Phi) is 6.03. The van der Waals surface area contributed by atoms with E-state index in [-0.39, 0.29) is 17.1 Å². The zero-order chi connectivity index (χ0) is 15.4. The number of alkyl halides is 3. The van der Waals surface area contributed by atoms with Gasteiger partial charge in [-0.3, -0.25) is 0 Å². The van der Waals surface area contributed by atoms with Crippen LogP contribution in [-0.4, -0.2) is 5.54 Å². The molecule has 0 radical (unpaired) electrons. The molecule has 0 aliphatic carbocycles. The van der Waals surface area contributed by atoms with E-state index in [1.807, 2.05) is 20.8 Å². The lowest BCUT2D eigenvalue weighted by atomic mass is 9.98. The minimum Gasteiger partial charge on any atom is -0.326 e. The fourth-order valence-electron chi connectivity index (χ4n) is 1.45.